The number of hydrogen-bond donors (Lipinski definition) is 2. The number of carbonyl (C=O) groups excluding carboxylic acids is 1. The Morgan fingerprint density at radius 1 is 1.47 bits per heavy atom. The van der Waals surface area contributed by atoms with Gasteiger partial charge < -0.3 is 15.7 Å². The van der Waals surface area contributed by atoms with Crippen LogP contribution >= 0.6 is 0 Å². The maximum Gasteiger partial charge on any atom is 0.244 e. The Balaban J connectivity index is 1.59. The van der Waals surface area contributed by atoms with E-state index < -0.39 is 0 Å². The smallest absolute Gasteiger partial charge is 0.244 e. The summed E-state index contributed by atoms with van der Waals surface area (Å²) in [4.78, 5) is 14.0. The van der Waals surface area contributed by atoms with Crippen LogP contribution in [0.4, 0.5) is 0 Å². The Labute approximate surface area is 111 Å². The van der Waals surface area contributed by atoms with E-state index in [-0.39, 0.29) is 24.5 Å². The fourth-order valence-corrected chi connectivity index (χ4v) is 3.19. The van der Waals surface area contributed by atoms with E-state index in [4.69, 9.17) is 5.73 Å². The third-order valence-electron chi connectivity index (χ3n) is 4.26. The fourth-order valence-electron chi connectivity index (χ4n) is 3.19. The van der Waals surface area contributed by atoms with Crippen molar-refractivity contribution in [1.82, 2.24) is 19.9 Å². The summed E-state index contributed by atoms with van der Waals surface area (Å²) in [5, 5.41) is 17.6. The first-order valence-electron chi connectivity index (χ1n) is 6.72. The Morgan fingerprint density at radius 3 is 3.00 bits per heavy atom. The summed E-state index contributed by atoms with van der Waals surface area (Å²) >= 11 is 0. The molecule has 0 aromatic carbocycles. The lowest BCUT2D eigenvalue weighted by molar-refractivity contribution is -0.131. The minimum atomic E-state index is -0.238. The zero-order chi connectivity index (χ0) is 13.4. The maximum atomic E-state index is 12.2. The summed E-state index contributed by atoms with van der Waals surface area (Å²) in [5.74, 6) is 0.767. The highest BCUT2D eigenvalue weighted by atomic mass is 16.3. The van der Waals surface area contributed by atoms with Crippen molar-refractivity contribution in [2.24, 2.45) is 17.6 Å². The minimum Gasteiger partial charge on any atom is -0.393 e. The molecule has 2 fully saturated rings. The molecule has 1 aromatic rings. The van der Waals surface area contributed by atoms with E-state index in [9.17, 15) is 9.90 Å². The lowest BCUT2D eigenvalue weighted by Crippen LogP contribution is -2.33. The van der Waals surface area contributed by atoms with E-state index >= 15 is 0 Å². The predicted molar refractivity (Wildman–Crippen MR) is 66.7 cm³/mol. The molecule has 1 aliphatic carbocycles. The number of nitrogens with two attached hydrogens (primary N) is 1. The zero-order valence-corrected chi connectivity index (χ0v) is 10.8. The molecule has 1 aliphatic heterocycles. The molecule has 1 amide bonds. The summed E-state index contributed by atoms with van der Waals surface area (Å²) in [6.07, 6.45) is 3.36. The fraction of sp³-hybridized carbons (Fsp3) is 0.750. The van der Waals surface area contributed by atoms with Crippen molar-refractivity contribution in [2.45, 2.75) is 32.0 Å². The van der Waals surface area contributed by atoms with Crippen LogP contribution in [0.2, 0.25) is 0 Å². The predicted octanol–water partition coefficient (Wildman–Crippen LogP) is -1.03. The molecule has 2 heterocycles. The van der Waals surface area contributed by atoms with Gasteiger partial charge in [-0.05, 0) is 18.8 Å². The SMILES string of the molecule is NCc1cn(CC(=O)N2CC3CCC(O)C3C2)nn1. The molecule has 0 bridgehead atoms. The highest BCUT2D eigenvalue weighted by Crippen LogP contribution is 2.38. The second-order valence-corrected chi connectivity index (χ2v) is 5.48. The van der Waals surface area contributed by atoms with Gasteiger partial charge in [0.25, 0.3) is 0 Å². The Morgan fingerprint density at radius 2 is 2.32 bits per heavy atom. The van der Waals surface area contributed by atoms with Gasteiger partial charge in [-0.15, -0.1) is 5.10 Å². The maximum absolute atomic E-state index is 12.2. The van der Waals surface area contributed by atoms with Gasteiger partial charge in [-0.3, -0.25) is 4.79 Å². The van der Waals surface area contributed by atoms with E-state index in [0.717, 1.165) is 19.4 Å². The van der Waals surface area contributed by atoms with E-state index in [2.05, 4.69) is 10.3 Å². The quantitative estimate of drug-likeness (QED) is 0.728. The molecule has 104 valence electrons. The highest BCUT2D eigenvalue weighted by molar-refractivity contribution is 5.76. The number of amides is 1. The Hall–Kier alpha value is -1.47. The van der Waals surface area contributed by atoms with Crippen molar-refractivity contribution in [3.05, 3.63) is 11.9 Å². The van der Waals surface area contributed by atoms with Crippen LogP contribution in [0.25, 0.3) is 0 Å². The number of likely N-dealkylation sites (tertiary alicyclic amines) is 1. The largest absolute Gasteiger partial charge is 0.393 e. The van der Waals surface area contributed by atoms with Gasteiger partial charge in [0.05, 0.1) is 18.0 Å². The number of aromatic nitrogens is 3. The molecule has 3 N–H and O–H groups in total. The monoisotopic (exact) mass is 265 g/mol. The van der Waals surface area contributed by atoms with Crippen molar-refractivity contribution in [1.29, 1.82) is 0 Å². The van der Waals surface area contributed by atoms with Crippen molar-refractivity contribution in [3.63, 3.8) is 0 Å². The first-order chi connectivity index (χ1) is 9.17. The summed E-state index contributed by atoms with van der Waals surface area (Å²) in [5.41, 5.74) is 6.14. The third-order valence-corrected chi connectivity index (χ3v) is 4.26. The third kappa shape index (κ3) is 2.35. The van der Waals surface area contributed by atoms with Crippen molar-refractivity contribution >= 4 is 5.91 Å². The van der Waals surface area contributed by atoms with Gasteiger partial charge in [-0.25, -0.2) is 4.68 Å². The van der Waals surface area contributed by atoms with E-state index in [1.165, 1.54) is 4.68 Å². The van der Waals surface area contributed by atoms with Crippen molar-refractivity contribution < 1.29 is 9.90 Å². The average molecular weight is 265 g/mol. The molecule has 1 saturated heterocycles. The van der Waals surface area contributed by atoms with Crippen LogP contribution < -0.4 is 5.73 Å². The van der Waals surface area contributed by atoms with Gasteiger partial charge in [0.1, 0.15) is 6.54 Å². The first-order valence-corrected chi connectivity index (χ1v) is 6.72. The molecule has 0 radical (unpaired) electrons. The number of rotatable bonds is 3. The van der Waals surface area contributed by atoms with Gasteiger partial charge in [-0.2, -0.15) is 0 Å². The number of hydrogen-bond acceptors (Lipinski definition) is 5. The second kappa shape index (κ2) is 4.90. The number of nitrogens with zero attached hydrogens (tertiary/aromatic N) is 4. The highest BCUT2D eigenvalue weighted by Gasteiger charge is 2.43. The number of aliphatic hydroxyl groups excluding tert-OH is 1. The summed E-state index contributed by atoms with van der Waals surface area (Å²) < 4.78 is 1.52. The molecule has 0 spiro atoms. The minimum absolute atomic E-state index is 0.0371. The normalized spacial score (nSPS) is 29.8. The van der Waals surface area contributed by atoms with Crippen LogP contribution in [0.3, 0.4) is 0 Å². The zero-order valence-electron chi connectivity index (χ0n) is 10.8. The van der Waals surface area contributed by atoms with E-state index in [0.29, 0.717) is 24.7 Å². The van der Waals surface area contributed by atoms with Gasteiger partial charge in [0, 0.05) is 25.6 Å². The molecule has 3 unspecified atom stereocenters. The van der Waals surface area contributed by atoms with Crippen LogP contribution in [0, 0.1) is 11.8 Å². The Kier molecular flexibility index (Phi) is 3.24. The molecule has 1 saturated carbocycles. The van der Waals surface area contributed by atoms with Crippen LogP contribution in [0.5, 0.6) is 0 Å². The lowest BCUT2D eigenvalue weighted by atomic mass is 10.00. The van der Waals surface area contributed by atoms with Gasteiger partial charge >= 0.3 is 0 Å². The number of carbonyl (C=O) groups is 1. The second-order valence-electron chi connectivity index (χ2n) is 5.48. The summed E-state index contributed by atoms with van der Waals surface area (Å²) in [7, 11) is 0. The Bertz CT molecular complexity index is 474. The molecule has 7 heteroatoms. The van der Waals surface area contributed by atoms with Crippen LogP contribution in [-0.4, -0.2) is 50.1 Å². The van der Waals surface area contributed by atoms with Gasteiger partial charge in [0.2, 0.25) is 5.91 Å². The molecular weight excluding hydrogens is 246 g/mol. The first kappa shape index (κ1) is 12.6. The van der Waals surface area contributed by atoms with E-state index in [1.807, 2.05) is 4.90 Å². The average Bonchev–Trinajstić information content (AvgIpc) is 3.07. The van der Waals surface area contributed by atoms with E-state index in [1.54, 1.807) is 6.20 Å². The van der Waals surface area contributed by atoms with Crippen molar-refractivity contribution in [2.75, 3.05) is 13.1 Å². The van der Waals surface area contributed by atoms with Gasteiger partial charge in [-0.1, -0.05) is 5.21 Å². The number of fused-ring (bicyclic) bond motifs is 1. The summed E-state index contributed by atoms with van der Waals surface area (Å²) in [6.45, 7) is 1.96. The molecule has 3 atom stereocenters. The molecule has 1 aromatic heterocycles. The van der Waals surface area contributed by atoms with Gasteiger partial charge in [0.15, 0.2) is 0 Å². The van der Waals surface area contributed by atoms with Crippen LogP contribution in [0.1, 0.15) is 18.5 Å². The molecule has 19 heavy (non-hydrogen) atoms. The topological polar surface area (TPSA) is 97.3 Å². The molecular formula is C12H19N5O2. The van der Waals surface area contributed by atoms with Crippen molar-refractivity contribution in [3.8, 4) is 0 Å². The molecule has 3 rings (SSSR count). The molecule has 2 aliphatic rings. The number of aliphatic hydroxyl groups is 1. The lowest BCUT2D eigenvalue weighted by Gasteiger charge is -2.18. The standard InChI is InChI=1S/C12H19N5O2/c13-3-9-5-17(15-14-9)7-12(19)16-4-8-1-2-11(18)10(8)6-16/h5,8,10-11,18H,1-4,6-7,13H2. The van der Waals surface area contributed by atoms with Crippen LogP contribution in [-0.2, 0) is 17.9 Å². The molecule has 7 nitrogen and oxygen atoms in total. The van der Waals surface area contributed by atoms with Crippen LogP contribution in [0.15, 0.2) is 6.20 Å². The summed E-state index contributed by atoms with van der Waals surface area (Å²) in [6, 6.07) is 0.